The van der Waals surface area contributed by atoms with Crippen LogP contribution in [0.15, 0.2) is 30.3 Å². The number of carbonyl (C=O) groups excluding carboxylic acids is 1. The van der Waals surface area contributed by atoms with E-state index in [0.29, 0.717) is 42.3 Å². The van der Waals surface area contributed by atoms with Crippen LogP contribution in [0.1, 0.15) is 21.5 Å². The lowest BCUT2D eigenvalue weighted by Crippen LogP contribution is -2.36. The van der Waals surface area contributed by atoms with Gasteiger partial charge in [0.05, 0.1) is 21.3 Å². The highest BCUT2D eigenvalue weighted by molar-refractivity contribution is 6.00. The summed E-state index contributed by atoms with van der Waals surface area (Å²) in [5.74, 6) is 1.48. The molecule has 0 radical (unpaired) electrons. The predicted octanol–water partition coefficient (Wildman–Crippen LogP) is 2.62. The van der Waals surface area contributed by atoms with Crippen molar-refractivity contribution in [3.63, 3.8) is 0 Å². The van der Waals surface area contributed by atoms with Gasteiger partial charge in [0, 0.05) is 25.2 Å². The summed E-state index contributed by atoms with van der Waals surface area (Å²) in [6, 6.07) is 8.59. The zero-order chi connectivity index (χ0) is 18.0. The fraction of sp³-hybridized carbons (Fsp3) is 0.316. The number of amides is 1. The Morgan fingerprint density at radius 1 is 1.00 bits per heavy atom. The topological polar surface area (TPSA) is 68.2 Å². The number of benzene rings is 2. The van der Waals surface area contributed by atoms with E-state index in [9.17, 15) is 9.90 Å². The minimum Gasteiger partial charge on any atom is -0.508 e. The molecule has 132 valence electrons. The van der Waals surface area contributed by atoms with Crippen molar-refractivity contribution in [2.24, 2.45) is 0 Å². The molecule has 1 aliphatic rings. The molecule has 3 rings (SSSR count). The number of rotatable bonds is 4. The smallest absolute Gasteiger partial charge is 0.261 e. The molecule has 0 spiro atoms. The summed E-state index contributed by atoms with van der Waals surface area (Å²) >= 11 is 0. The van der Waals surface area contributed by atoms with E-state index in [-0.39, 0.29) is 11.7 Å². The second-order valence-electron chi connectivity index (χ2n) is 5.84. The lowest BCUT2D eigenvalue weighted by molar-refractivity contribution is 0.0727. The molecule has 25 heavy (non-hydrogen) atoms. The molecule has 1 N–H and O–H groups in total. The molecule has 2 aromatic rings. The molecule has 0 bridgehead atoms. The van der Waals surface area contributed by atoms with E-state index < -0.39 is 0 Å². The number of hydrogen-bond donors (Lipinski definition) is 1. The largest absolute Gasteiger partial charge is 0.508 e. The zero-order valence-corrected chi connectivity index (χ0v) is 14.5. The molecule has 0 unspecified atom stereocenters. The highest BCUT2D eigenvalue weighted by Gasteiger charge is 2.28. The van der Waals surface area contributed by atoms with E-state index in [4.69, 9.17) is 14.2 Å². The van der Waals surface area contributed by atoms with Gasteiger partial charge in [0.25, 0.3) is 5.91 Å². The molecule has 0 saturated heterocycles. The predicted molar refractivity (Wildman–Crippen MR) is 92.6 cm³/mol. The van der Waals surface area contributed by atoms with Crippen molar-refractivity contribution < 1.29 is 24.1 Å². The normalized spacial score (nSPS) is 13.2. The zero-order valence-electron chi connectivity index (χ0n) is 14.5. The first-order valence-corrected chi connectivity index (χ1v) is 7.97. The van der Waals surface area contributed by atoms with Gasteiger partial charge in [-0.15, -0.1) is 0 Å². The van der Waals surface area contributed by atoms with Gasteiger partial charge in [-0.3, -0.25) is 4.79 Å². The summed E-state index contributed by atoms with van der Waals surface area (Å²) in [5.41, 5.74) is 2.48. The molecule has 0 saturated carbocycles. The summed E-state index contributed by atoms with van der Waals surface area (Å²) in [5, 5.41) is 9.60. The van der Waals surface area contributed by atoms with Crippen molar-refractivity contribution in [1.29, 1.82) is 0 Å². The van der Waals surface area contributed by atoms with E-state index in [1.165, 1.54) is 14.2 Å². The second kappa shape index (κ2) is 6.93. The number of phenols is 1. The van der Waals surface area contributed by atoms with Gasteiger partial charge in [-0.1, -0.05) is 6.07 Å². The first-order valence-electron chi connectivity index (χ1n) is 7.97. The summed E-state index contributed by atoms with van der Waals surface area (Å²) in [6.45, 7) is 1.04. The number of ether oxygens (including phenoxy) is 3. The van der Waals surface area contributed by atoms with Gasteiger partial charge >= 0.3 is 0 Å². The molecular weight excluding hydrogens is 322 g/mol. The monoisotopic (exact) mass is 343 g/mol. The third kappa shape index (κ3) is 3.20. The summed E-state index contributed by atoms with van der Waals surface area (Å²) in [6.07, 6.45) is 0.691. The molecule has 1 amide bonds. The lowest BCUT2D eigenvalue weighted by atomic mass is 9.98. The highest BCUT2D eigenvalue weighted by atomic mass is 16.5. The molecular formula is C19H21NO5. The molecule has 2 aromatic carbocycles. The molecule has 0 aliphatic carbocycles. The number of hydrogen-bond acceptors (Lipinski definition) is 5. The van der Waals surface area contributed by atoms with Crippen molar-refractivity contribution in [2.45, 2.75) is 13.0 Å². The fourth-order valence-corrected chi connectivity index (χ4v) is 3.09. The second-order valence-corrected chi connectivity index (χ2v) is 5.84. The van der Waals surface area contributed by atoms with Crippen LogP contribution in [-0.2, 0) is 13.0 Å². The fourth-order valence-electron chi connectivity index (χ4n) is 3.09. The summed E-state index contributed by atoms with van der Waals surface area (Å²) < 4.78 is 16.0. The molecule has 1 aliphatic heterocycles. The average molecular weight is 343 g/mol. The Morgan fingerprint density at radius 2 is 1.68 bits per heavy atom. The number of phenolic OH excluding ortho intramolecular Hbond substituents is 1. The standard InChI is InChI=1S/C19H21NO5/c1-23-15-9-16(24-2)18(17(10-15)25-3)19(22)20-7-6-12-8-14(21)5-4-13(12)11-20/h4-5,8-10,21H,6-7,11H2,1-3H3. The number of methoxy groups -OCH3 is 3. The van der Waals surface area contributed by atoms with Crippen LogP contribution in [0.25, 0.3) is 0 Å². The maximum atomic E-state index is 13.1. The Balaban J connectivity index is 1.95. The average Bonchev–Trinajstić information content (AvgIpc) is 2.65. The van der Waals surface area contributed by atoms with E-state index in [1.54, 1.807) is 36.3 Å². The molecule has 6 heteroatoms. The molecule has 0 aromatic heterocycles. The number of aromatic hydroxyl groups is 1. The quantitative estimate of drug-likeness (QED) is 0.924. The van der Waals surface area contributed by atoms with Gasteiger partial charge in [-0.05, 0) is 29.7 Å². The van der Waals surface area contributed by atoms with Crippen LogP contribution in [0.3, 0.4) is 0 Å². The molecule has 0 atom stereocenters. The van der Waals surface area contributed by atoms with Crippen molar-refractivity contribution in [3.05, 3.63) is 47.0 Å². The minimum absolute atomic E-state index is 0.157. The van der Waals surface area contributed by atoms with E-state index in [1.807, 2.05) is 6.07 Å². The Morgan fingerprint density at radius 3 is 2.28 bits per heavy atom. The Labute approximate surface area is 146 Å². The van der Waals surface area contributed by atoms with Crippen molar-refractivity contribution in [2.75, 3.05) is 27.9 Å². The van der Waals surface area contributed by atoms with Crippen LogP contribution in [0, 0.1) is 0 Å². The van der Waals surface area contributed by atoms with Gasteiger partial charge < -0.3 is 24.2 Å². The third-order valence-corrected chi connectivity index (χ3v) is 4.42. The van der Waals surface area contributed by atoms with Crippen LogP contribution in [0.5, 0.6) is 23.0 Å². The Kier molecular flexibility index (Phi) is 4.70. The van der Waals surface area contributed by atoms with Crippen molar-refractivity contribution in [1.82, 2.24) is 4.90 Å². The Hall–Kier alpha value is -2.89. The van der Waals surface area contributed by atoms with Gasteiger partial charge in [0.1, 0.15) is 28.6 Å². The first-order chi connectivity index (χ1) is 12.1. The summed E-state index contributed by atoms with van der Waals surface area (Å²) in [4.78, 5) is 14.9. The number of fused-ring (bicyclic) bond motifs is 1. The molecule has 1 heterocycles. The van der Waals surface area contributed by atoms with Gasteiger partial charge in [-0.2, -0.15) is 0 Å². The van der Waals surface area contributed by atoms with E-state index >= 15 is 0 Å². The molecule has 0 fully saturated rings. The van der Waals surface area contributed by atoms with Gasteiger partial charge in [-0.25, -0.2) is 0 Å². The number of nitrogens with zero attached hydrogens (tertiary/aromatic N) is 1. The maximum absolute atomic E-state index is 13.1. The minimum atomic E-state index is -0.157. The summed E-state index contributed by atoms with van der Waals surface area (Å²) in [7, 11) is 4.57. The Bertz CT molecular complexity index is 777. The van der Waals surface area contributed by atoms with Crippen LogP contribution in [0.4, 0.5) is 0 Å². The van der Waals surface area contributed by atoms with Crippen LogP contribution < -0.4 is 14.2 Å². The van der Waals surface area contributed by atoms with E-state index in [2.05, 4.69) is 0 Å². The molecule has 6 nitrogen and oxygen atoms in total. The van der Waals surface area contributed by atoms with Gasteiger partial charge in [0.2, 0.25) is 0 Å². The van der Waals surface area contributed by atoms with Crippen molar-refractivity contribution in [3.8, 4) is 23.0 Å². The van der Waals surface area contributed by atoms with Crippen LogP contribution in [0.2, 0.25) is 0 Å². The SMILES string of the molecule is COc1cc(OC)c(C(=O)N2CCc3cc(O)ccc3C2)c(OC)c1. The van der Waals surface area contributed by atoms with Crippen LogP contribution >= 0.6 is 0 Å². The van der Waals surface area contributed by atoms with Gasteiger partial charge in [0.15, 0.2) is 0 Å². The maximum Gasteiger partial charge on any atom is 0.261 e. The first kappa shape index (κ1) is 17.0. The highest BCUT2D eigenvalue weighted by Crippen LogP contribution is 2.36. The number of carbonyl (C=O) groups is 1. The van der Waals surface area contributed by atoms with Crippen LogP contribution in [-0.4, -0.2) is 43.8 Å². The van der Waals surface area contributed by atoms with Crippen molar-refractivity contribution >= 4 is 5.91 Å². The third-order valence-electron chi connectivity index (χ3n) is 4.42. The lowest BCUT2D eigenvalue weighted by Gasteiger charge is -2.30. The van der Waals surface area contributed by atoms with E-state index in [0.717, 1.165) is 11.1 Å².